The number of likely N-dealkylation sites (tertiary alicyclic amines) is 1. The lowest BCUT2D eigenvalue weighted by molar-refractivity contribution is 0.0171. The van der Waals surface area contributed by atoms with Gasteiger partial charge in [-0.05, 0) is 125 Å². The Morgan fingerprint density at radius 2 is 1.45 bits per heavy atom. The number of anilines is 2. The molecule has 2 aliphatic rings. The number of hydrogen-bond donors (Lipinski definition) is 2. The highest BCUT2D eigenvalue weighted by Gasteiger charge is 2.33. The van der Waals surface area contributed by atoms with Crippen molar-refractivity contribution in [1.82, 2.24) is 9.71 Å². The van der Waals surface area contributed by atoms with Crippen molar-refractivity contribution in [2.24, 2.45) is 11.8 Å². The van der Waals surface area contributed by atoms with Crippen molar-refractivity contribution in [3.8, 4) is 0 Å². The van der Waals surface area contributed by atoms with E-state index in [-0.39, 0.29) is 23.3 Å². The molecule has 6 rings (SSSR count). The van der Waals surface area contributed by atoms with Gasteiger partial charge in [-0.2, -0.15) is 0 Å². The van der Waals surface area contributed by atoms with E-state index in [0.29, 0.717) is 35.4 Å². The van der Waals surface area contributed by atoms with Gasteiger partial charge in [0, 0.05) is 42.5 Å². The van der Waals surface area contributed by atoms with Crippen molar-refractivity contribution in [2.75, 3.05) is 48.9 Å². The second kappa shape index (κ2) is 20.9. The van der Waals surface area contributed by atoms with Crippen LogP contribution in [-0.2, 0) is 23.8 Å². The Bertz CT molecular complexity index is 1930. The number of carbonyl (C=O) groups is 1. The lowest BCUT2D eigenvalue weighted by Crippen LogP contribution is -2.46. The largest absolute Gasteiger partial charge is 0.444 e. The number of sulfonamides is 1. The van der Waals surface area contributed by atoms with Gasteiger partial charge in [-0.3, -0.25) is 4.31 Å². The summed E-state index contributed by atoms with van der Waals surface area (Å²) in [6.45, 7) is 11.8. The molecule has 0 bridgehead atoms. The zero-order valence-electron chi connectivity index (χ0n) is 31.8. The van der Waals surface area contributed by atoms with E-state index in [1.807, 2.05) is 64.0 Å². The fraction of sp³-hybridized carbons (Fsp3) is 0.447. The number of carbonyl (C=O) groups excluding carboxylic acids is 1. The molecule has 2 fully saturated rings. The Labute approximate surface area is 339 Å². The van der Waals surface area contributed by atoms with Crippen molar-refractivity contribution in [3.05, 3.63) is 95.7 Å². The van der Waals surface area contributed by atoms with Crippen LogP contribution in [0, 0.1) is 11.8 Å². The Morgan fingerprint density at radius 3 is 2.00 bits per heavy atom. The van der Waals surface area contributed by atoms with E-state index in [1.165, 1.54) is 40.2 Å². The fourth-order valence-electron chi connectivity index (χ4n) is 6.22. The standard InChI is InChI=1S/C21H28N2O4S2.C13H21BN2O.C4H3ClO2S2/c1-21(2,3)27-20(24)22-13-7-9-17(15-22)16-23(18-10-5-4-6-11-18)29(25,26)19-12-8-14-28-19;1-14(17)16-9-5-6-12(11-16)10-15-13-7-3-2-4-8-13;5-9(6,7)4-2-1-3-8-4/h4-6,8,10-12,14,17H,7,9,13,15-16H2,1-3H3;2-4,7-8,12,15,17H,5-6,9-11H2,1H3;1-3H. The van der Waals surface area contributed by atoms with E-state index in [1.54, 1.807) is 46.0 Å². The number of hydrogen-bond acceptors (Lipinski definition) is 11. The van der Waals surface area contributed by atoms with E-state index in [9.17, 15) is 26.7 Å². The number of nitrogens with zero attached hydrogens (tertiary/aromatic N) is 3. The molecule has 0 saturated carbocycles. The highest BCUT2D eigenvalue weighted by Crippen LogP contribution is 2.30. The maximum Gasteiger partial charge on any atom is 0.410 e. The van der Waals surface area contributed by atoms with Crippen LogP contribution in [0.2, 0.25) is 6.82 Å². The third-order valence-electron chi connectivity index (χ3n) is 8.86. The Morgan fingerprint density at radius 1 is 0.873 bits per heavy atom. The Kier molecular flexibility index (Phi) is 16.9. The summed E-state index contributed by atoms with van der Waals surface area (Å²) in [6.07, 6.45) is 3.79. The Hall–Kier alpha value is -3.12. The Balaban J connectivity index is 0.000000216. The molecular weight excluding hydrogens is 799 g/mol. The summed E-state index contributed by atoms with van der Waals surface area (Å²) in [4.78, 5) is 16.3. The van der Waals surface area contributed by atoms with E-state index in [2.05, 4.69) is 22.3 Å². The molecular formula is C38H52BClN4O7S4. The van der Waals surface area contributed by atoms with Crippen LogP contribution in [0.4, 0.5) is 16.2 Å². The zero-order valence-corrected chi connectivity index (χ0v) is 35.8. The number of piperidine rings is 2. The molecule has 4 aromatic rings. The van der Waals surface area contributed by atoms with E-state index in [4.69, 9.17) is 15.4 Å². The minimum atomic E-state index is -3.66. The number of ether oxygens (including phenoxy) is 1. The highest BCUT2D eigenvalue weighted by atomic mass is 35.7. The first-order valence-corrected chi connectivity index (χ1v) is 23.8. The number of para-hydroxylation sites is 2. The van der Waals surface area contributed by atoms with Crippen LogP contribution < -0.4 is 9.62 Å². The summed E-state index contributed by atoms with van der Waals surface area (Å²) < 4.78 is 55.0. The SMILES string of the molecule is CB(O)N1CCCC(CNc2ccccc2)C1.CC(C)(C)OC(=O)N1CCCC(CN(c2ccccc2)S(=O)(=O)c2cccs2)C1.O=S(=O)(Cl)c1cccs1. The minimum absolute atomic E-state index is 0.0335. The lowest BCUT2D eigenvalue weighted by Gasteiger charge is -2.36. The van der Waals surface area contributed by atoms with Crippen LogP contribution in [-0.4, -0.2) is 89.6 Å². The van der Waals surface area contributed by atoms with Crippen molar-refractivity contribution in [1.29, 1.82) is 0 Å². The summed E-state index contributed by atoms with van der Waals surface area (Å²) in [7, 11) is -2.46. The first-order chi connectivity index (χ1) is 26.0. The molecule has 4 heterocycles. The minimum Gasteiger partial charge on any atom is -0.444 e. The average Bonchev–Trinajstić information content (AvgIpc) is 3.91. The lowest BCUT2D eigenvalue weighted by atomic mass is 9.80. The number of halogens is 1. The molecule has 0 aliphatic carbocycles. The summed E-state index contributed by atoms with van der Waals surface area (Å²) in [6, 6.07) is 25.9. The summed E-state index contributed by atoms with van der Waals surface area (Å²) >= 11 is 2.32. The third-order valence-corrected chi connectivity index (χ3v) is 15.0. The van der Waals surface area contributed by atoms with Crippen LogP contribution >= 0.6 is 33.4 Å². The molecule has 2 aromatic carbocycles. The molecule has 300 valence electrons. The zero-order chi connectivity index (χ0) is 40.1. The van der Waals surface area contributed by atoms with Gasteiger partial charge in [0.15, 0.2) is 0 Å². The maximum absolute atomic E-state index is 13.3. The summed E-state index contributed by atoms with van der Waals surface area (Å²) in [5.41, 5.74) is 1.26. The molecule has 2 aliphatic heterocycles. The summed E-state index contributed by atoms with van der Waals surface area (Å²) in [5, 5.41) is 16.5. The van der Waals surface area contributed by atoms with Crippen LogP contribution in [0.15, 0.2) is 104 Å². The van der Waals surface area contributed by atoms with Crippen molar-refractivity contribution >= 4 is 76.9 Å². The number of amides is 1. The van der Waals surface area contributed by atoms with Gasteiger partial charge < -0.3 is 24.8 Å². The predicted molar refractivity (Wildman–Crippen MR) is 226 cm³/mol. The summed E-state index contributed by atoms with van der Waals surface area (Å²) in [5.74, 6) is 0.671. The molecule has 11 nitrogen and oxygen atoms in total. The predicted octanol–water partition coefficient (Wildman–Crippen LogP) is 8.19. The van der Waals surface area contributed by atoms with Gasteiger partial charge >= 0.3 is 13.1 Å². The normalized spacial score (nSPS) is 17.8. The smallest absolute Gasteiger partial charge is 0.410 e. The fourth-order valence-corrected chi connectivity index (χ4v) is 10.7. The molecule has 55 heavy (non-hydrogen) atoms. The van der Waals surface area contributed by atoms with Gasteiger partial charge in [-0.25, -0.2) is 21.6 Å². The van der Waals surface area contributed by atoms with Gasteiger partial charge in [0.1, 0.15) is 14.0 Å². The molecule has 2 aromatic heterocycles. The van der Waals surface area contributed by atoms with Gasteiger partial charge in [0.05, 0.1) is 5.69 Å². The van der Waals surface area contributed by atoms with Crippen LogP contribution in [0.5, 0.6) is 0 Å². The van der Waals surface area contributed by atoms with E-state index in [0.717, 1.165) is 43.8 Å². The number of thiophene rings is 2. The van der Waals surface area contributed by atoms with Gasteiger partial charge in [0.2, 0.25) is 0 Å². The van der Waals surface area contributed by atoms with Crippen molar-refractivity contribution in [2.45, 2.75) is 67.3 Å². The number of benzene rings is 2. The molecule has 2 N–H and O–H groups in total. The van der Waals surface area contributed by atoms with Gasteiger partial charge in [0.25, 0.3) is 19.1 Å². The van der Waals surface area contributed by atoms with Gasteiger partial charge in [-0.15, -0.1) is 22.7 Å². The average molecular weight is 851 g/mol. The molecule has 2 atom stereocenters. The molecule has 0 spiro atoms. The van der Waals surface area contributed by atoms with E-state index >= 15 is 0 Å². The second-order valence-corrected chi connectivity index (χ2v) is 21.3. The molecule has 2 saturated heterocycles. The number of nitrogens with one attached hydrogen (secondary N) is 1. The van der Waals surface area contributed by atoms with Crippen LogP contribution in [0.3, 0.4) is 0 Å². The topological polar surface area (TPSA) is 137 Å². The third kappa shape index (κ3) is 14.7. The van der Waals surface area contributed by atoms with Crippen molar-refractivity contribution in [3.63, 3.8) is 0 Å². The molecule has 1 amide bonds. The quantitative estimate of drug-likeness (QED) is 0.120. The monoisotopic (exact) mass is 850 g/mol. The molecule has 0 radical (unpaired) electrons. The van der Waals surface area contributed by atoms with E-state index < -0.39 is 24.7 Å². The van der Waals surface area contributed by atoms with Crippen molar-refractivity contribution < 1.29 is 31.4 Å². The molecule has 17 heteroatoms. The first-order valence-electron chi connectivity index (χ1n) is 18.3. The maximum atomic E-state index is 13.3. The van der Waals surface area contributed by atoms with Crippen LogP contribution in [0.1, 0.15) is 46.5 Å². The first kappa shape index (κ1) is 44.6. The number of rotatable bonds is 10. The molecule has 2 unspecified atom stereocenters. The highest BCUT2D eigenvalue weighted by molar-refractivity contribution is 8.15. The second-order valence-electron chi connectivity index (χ2n) is 14.5. The van der Waals surface area contributed by atoms with Gasteiger partial charge in [-0.1, -0.05) is 48.5 Å². The van der Waals surface area contributed by atoms with Crippen LogP contribution in [0.25, 0.3) is 0 Å².